The summed E-state index contributed by atoms with van der Waals surface area (Å²) < 4.78 is 34.2. The van der Waals surface area contributed by atoms with Gasteiger partial charge in [-0.3, -0.25) is 0 Å². The maximum Gasteiger partial charge on any atom is 0.586 e. The van der Waals surface area contributed by atoms with E-state index in [1.54, 1.807) is 0 Å². The molecule has 1 atom stereocenters. The van der Waals surface area contributed by atoms with Gasteiger partial charge in [-0.15, -0.1) is 8.78 Å². The van der Waals surface area contributed by atoms with E-state index in [4.69, 9.17) is 11.0 Å². The van der Waals surface area contributed by atoms with Crippen molar-refractivity contribution < 1.29 is 18.3 Å². The Morgan fingerprint density at radius 3 is 2.88 bits per heavy atom. The third-order valence-corrected chi connectivity index (χ3v) is 2.17. The van der Waals surface area contributed by atoms with Crippen molar-refractivity contribution in [3.63, 3.8) is 0 Å². The van der Waals surface area contributed by atoms with Gasteiger partial charge in [-0.25, -0.2) is 0 Å². The lowest BCUT2D eigenvalue weighted by Gasteiger charge is -2.10. The van der Waals surface area contributed by atoms with Crippen LogP contribution >= 0.6 is 0 Å². The molecular weight excluding hydrogens is 218 g/mol. The normalized spacial score (nSPS) is 17.9. The van der Waals surface area contributed by atoms with Crippen LogP contribution in [0, 0.1) is 11.3 Å². The summed E-state index contributed by atoms with van der Waals surface area (Å²) in [7, 11) is 0. The van der Waals surface area contributed by atoms with Gasteiger partial charge in [0.05, 0.1) is 12.5 Å². The second kappa shape index (κ2) is 3.61. The molecule has 0 aromatic heterocycles. The number of fused-ring (bicyclic) bond motifs is 1. The molecule has 0 amide bonds. The molecule has 4 nitrogen and oxygen atoms in total. The van der Waals surface area contributed by atoms with E-state index in [9.17, 15) is 8.78 Å². The monoisotopic (exact) mass is 226 g/mol. The lowest BCUT2D eigenvalue weighted by atomic mass is 10.0. The minimum absolute atomic E-state index is 0.0192. The summed E-state index contributed by atoms with van der Waals surface area (Å²) in [4.78, 5) is 0. The minimum Gasteiger partial charge on any atom is -0.395 e. The average molecular weight is 226 g/mol. The van der Waals surface area contributed by atoms with Crippen LogP contribution in [0.5, 0.6) is 11.5 Å². The first-order valence-corrected chi connectivity index (χ1v) is 4.55. The Labute approximate surface area is 90.2 Å². The molecule has 0 saturated heterocycles. The second-order valence-electron chi connectivity index (χ2n) is 3.31. The largest absolute Gasteiger partial charge is 0.586 e. The highest BCUT2D eigenvalue weighted by atomic mass is 19.3. The van der Waals surface area contributed by atoms with Crippen molar-refractivity contribution in [2.24, 2.45) is 5.73 Å². The standard InChI is InChI=1S/C10H8F2N2O2/c11-10(12)15-8-3-1-2-6(9(8)16-10)7(14)4-5-13/h1-3,7H,4,14H2/t7-/m0/s1. The summed E-state index contributed by atoms with van der Waals surface area (Å²) in [5.41, 5.74) is 6.01. The molecule has 0 unspecified atom stereocenters. The summed E-state index contributed by atoms with van der Waals surface area (Å²) in [6.07, 6.45) is -3.64. The fourth-order valence-corrected chi connectivity index (χ4v) is 1.49. The van der Waals surface area contributed by atoms with Crippen molar-refractivity contribution in [1.29, 1.82) is 5.26 Å². The lowest BCUT2D eigenvalue weighted by molar-refractivity contribution is -0.287. The quantitative estimate of drug-likeness (QED) is 0.836. The third kappa shape index (κ3) is 1.77. The number of nitrogens with zero attached hydrogens (tertiary/aromatic N) is 1. The van der Waals surface area contributed by atoms with E-state index in [2.05, 4.69) is 9.47 Å². The second-order valence-corrected chi connectivity index (χ2v) is 3.31. The van der Waals surface area contributed by atoms with Crippen LogP contribution < -0.4 is 15.2 Å². The molecule has 0 saturated carbocycles. The van der Waals surface area contributed by atoms with Crippen LogP contribution in [0.2, 0.25) is 0 Å². The van der Waals surface area contributed by atoms with Crippen molar-refractivity contribution in [2.75, 3.05) is 0 Å². The van der Waals surface area contributed by atoms with Gasteiger partial charge in [0.25, 0.3) is 0 Å². The lowest BCUT2D eigenvalue weighted by Crippen LogP contribution is -2.26. The van der Waals surface area contributed by atoms with Gasteiger partial charge in [-0.05, 0) is 6.07 Å². The molecule has 0 aliphatic carbocycles. The Morgan fingerprint density at radius 1 is 1.44 bits per heavy atom. The number of hydrogen-bond donors (Lipinski definition) is 1. The maximum absolute atomic E-state index is 12.8. The Hall–Kier alpha value is -1.87. The molecule has 2 rings (SSSR count). The highest BCUT2D eigenvalue weighted by Gasteiger charge is 2.44. The predicted octanol–water partition coefficient (Wildman–Crippen LogP) is 1.92. The number of alkyl halides is 2. The van der Waals surface area contributed by atoms with Crippen LogP contribution in [0.4, 0.5) is 8.78 Å². The van der Waals surface area contributed by atoms with E-state index < -0.39 is 12.3 Å². The fourth-order valence-electron chi connectivity index (χ4n) is 1.49. The van der Waals surface area contributed by atoms with E-state index in [0.29, 0.717) is 5.56 Å². The number of benzene rings is 1. The molecular formula is C10H8F2N2O2. The summed E-state index contributed by atoms with van der Waals surface area (Å²) in [5, 5.41) is 8.50. The van der Waals surface area contributed by atoms with Gasteiger partial charge >= 0.3 is 6.29 Å². The molecule has 1 aliphatic rings. The molecule has 0 fully saturated rings. The zero-order valence-corrected chi connectivity index (χ0v) is 8.11. The molecule has 6 heteroatoms. The van der Waals surface area contributed by atoms with E-state index in [-0.39, 0.29) is 17.9 Å². The van der Waals surface area contributed by atoms with Crippen LogP contribution in [0.25, 0.3) is 0 Å². The van der Waals surface area contributed by atoms with Gasteiger partial charge in [-0.1, -0.05) is 12.1 Å². The van der Waals surface area contributed by atoms with Crippen LogP contribution in [0.3, 0.4) is 0 Å². The first-order valence-electron chi connectivity index (χ1n) is 4.55. The van der Waals surface area contributed by atoms with Crippen LogP contribution in [-0.4, -0.2) is 6.29 Å². The molecule has 16 heavy (non-hydrogen) atoms. The smallest absolute Gasteiger partial charge is 0.395 e. The molecule has 0 spiro atoms. The maximum atomic E-state index is 12.8. The molecule has 1 aromatic rings. The van der Waals surface area contributed by atoms with E-state index in [1.165, 1.54) is 18.2 Å². The predicted molar refractivity (Wildman–Crippen MR) is 49.8 cm³/mol. The molecule has 84 valence electrons. The zero-order valence-electron chi connectivity index (χ0n) is 8.11. The van der Waals surface area contributed by atoms with E-state index >= 15 is 0 Å². The van der Waals surface area contributed by atoms with Crippen molar-refractivity contribution in [3.8, 4) is 17.6 Å². The topological polar surface area (TPSA) is 68.3 Å². The highest BCUT2D eigenvalue weighted by molar-refractivity contribution is 5.50. The number of nitriles is 1. The Morgan fingerprint density at radius 2 is 2.19 bits per heavy atom. The van der Waals surface area contributed by atoms with Crippen LogP contribution in [-0.2, 0) is 0 Å². The van der Waals surface area contributed by atoms with Crippen molar-refractivity contribution in [2.45, 2.75) is 18.8 Å². The van der Waals surface area contributed by atoms with Crippen molar-refractivity contribution >= 4 is 0 Å². The Kier molecular flexibility index (Phi) is 2.40. The van der Waals surface area contributed by atoms with Crippen LogP contribution in [0.1, 0.15) is 18.0 Å². The minimum atomic E-state index is -3.66. The number of rotatable bonds is 2. The molecule has 1 aliphatic heterocycles. The fraction of sp³-hybridized carbons (Fsp3) is 0.300. The first kappa shape index (κ1) is 10.6. The molecule has 1 aromatic carbocycles. The van der Waals surface area contributed by atoms with Gasteiger partial charge in [-0.2, -0.15) is 5.26 Å². The number of halogens is 2. The van der Waals surface area contributed by atoms with Crippen LogP contribution in [0.15, 0.2) is 18.2 Å². The zero-order chi connectivity index (χ0) is 11.8. The number of ether oxygens (including phenoxy) is 2. The number of hydrogen-bond acceptors (Lipinski definition) is 4. The van der Waals surface area contributed by atoms with Gasteiger partial charge in [0.15, 0.2) is 11.5 Å². The van der Waals surface area contributed by atoms with Gasteiger partial charge in [0.1, 0.15) is 0 Å². The van der Waals surface area contributed by atoms with Gasteiger partial charge in [0, 0.05) is 11.6 Å². The highest BCUT2D eigenvalue weighted by Crippen LogP contribution is 2.44. The van der Waals surface area contributed by atoms with Gasteiger partial charge < -0.3 is 15.2 Å². The van der Waals surface area contributed by atoms with E-state index in [1.807, 2.05) is 6.07 Å². The summed E-state index contributed by atoms with van der Waals surface area (Å²) in [5.74, 6) is -0.147. The van der Waals surface area contributed by atoms with Gasteiger partial charge in [0.2, 0.25) is 0 Å². The van der Waals surface area contributed by atoms with Crippen molar-refractivity contribution in [1.82, 2.24) is 0 Å². The number of nitrogens with two attached hydrogens (primary N) is 1. The SMILES string of the molecule is N#CC[C@H](N)c1cccc2c1OC(F)(F)O2. The summed E-state index contributed by atoms with van der Waals surface area (Å²) in [6.45, 7) is 0. The Balaban J connectivity index is 2.38. The Bertz CT molecular complexity index is 457. The molecule has 0 bridgehead atoms. The third-order valence-electron chi connectivity index (χ3n) is 2.17. The molecule has 2 N–H and O–H groups in total. The van der Waals surface area contributed by atoms with Crippen molar-refractivity contribution in [3.05, 3.63) is 23.8 Å². The summed E-state index contributed by atoms with van der Waals surface area (Å²) in [6, 6.07) is 5.62. The average Bonchev–Trinajstić information content (AvgIpc) is 2.51. The molecule has 1 heterocycles. The number of para-hydroxylation sites is 1. The van der Waals surface area contributed by atoms with E-state index in [0.717, 1.165) is 0 Å². The first-order chi connectivity index (χ1) is 7.53. The summed E-state index contributed by atoms with van der Waals surface area (Å²) >= 11 is 0. The molecule has 0 radical (unpaired) electrons.